The minimum atomic E-state index is 0.438. The predicted molar refractivity (Wildman–Crippen MR) is 74.9 cm³/mol. The number of nitriles is 1. The average Bonchev–Trinajstić information content (AvgIpc) is 2.83. The van der Waals surface area contributed by atoms with E-state index in [1.54, 1.807) is 12.1 Å². The van der Waals surface area contributed by atoms with Crippen molar-refractivity contribution in [2.45, 2.75) is 44.4 Å². The highest BCUT2D eigenvalue weighted by Gasteiger charge is 2.20. The highest BCUT2D eigenvalue weighted by molar-refractivity contribution is 5.54. The number of hydrogen-bond donors (Lipinski definition) is 0. The number of rotatable bonds is 2. The molecule has 0 saturated heterocycles. The van der Waals surface area contributed by atoms with Gasteiger partial charge in [0.2, 0.25) is 0 Å². The molecule has 1 saturated carbocycles. The minimum absolute atomic E-state index is 0.438. The van der Waals surface area contributed by atoms with Crippen LogP contribution >= 0.6 is 0 Å². The summed E-state index contributed by atoms with van der Waals surface area (Å²) < 4.78 is 5.37. The molecule has 4 heteroatoms. The van der Waals surface area contributed by atoms with Crippen molar-refractivity contribution in [2.24, 2.45) is 0 Å². The molecule has 2 aromatic rings. The molecule has 102 valence electrons. The summed E-state index contributed by atoms with van der Waals surface area (Å²) >= 11 is 0. The number of benzene rings is 1. The fourth-order valence-electron chi connectivity index (χ4n) is 2.74. The molecule has 0 unspecified atom stereocenters. The van der Waals surface area contributed by atoms with Crippen LogP contribution in [-0.4, -0.2) is 10.1 Å². The maximum Gasteiger partial charge on any atom is 0.257 e. The van der Waals surface area contributed by atoms with E-state index in [1.807, 2.05) is 12.1 Å². The molecule has 0 spiro atoms. The van der Waals surface area contributed by atoms with E-state index in [9.17, 15) is 0 Å². The van der Waals surface area contributed by atoms with Gasteiger partial charge in [0.15, 0.2) is 5.82 Å². The minimum Gasteiger partial charge on any atom is -0.334 e. The van der Waals surface area contributed by atoms with Gasteiger partial charge in [0.05, 0.1) is 11.6 Å². The molecule has 3 rings (SSSR count). The lowest BCUT2D eigenvalue weighted by atomic mass is 10.00. The Morgan fingerprint density at radius 2 is 1.75 bits per heavy atom. The molecule has 0 N–H and O–H groups in total. The second kappa shape index (κ2) is 5.87. The molecule has 0 amide bonds. The lowest BCUT2D eigenvalue weighted by Gasteiger charge is -2.07. The van der Waals surface area contributed by atoms with Crippen molar-refractivity contribution in [3.8, 4) is 17.5 Å². The van der Waals surface area contributed by atoms with E-state index in [4.69, 9.17) is 9.78 Å². The summed E-state index contributed by atoms with van der Waals surface area (Å²) in [6.07, 6.45) is 7.46. The highest BCUT2D eigenvalue weighted by atomic mass is 16.5. The zero-order valence-corrected chi connectivity index (χ0v) is 11.4. The first kappa shape index (κ1) is 12.9. The third kappa shape index (κ3) is 2.72. The molecule has 1 fully saturated rings. The first-order valence-electron chi connectivity index (χ1n) is 7.21. The van der Waals surface area contributed by atoms with E-state index in [2.05, 4.69) is 16.2 Å². The first-order chi connectivity index (χ1) is 9.86. The lowest BCUT2D eigenvalue weighted by Crippen LogP contribution is -1.99. The van der Waals surface area contributed by atoms with Crippen LogP contribution in [0, 0.1) is 11.3 Å². The second-order valence-corrected chi connectivity index (χ2v) is 5.34. The van der Waals surface area contributed by atoms with Gasteiger partial charge in [0.25, 0.3) is 5.89 Å². The predicted octanol–water partition coefficient (Wildman–Crippen LogP) is 4.05. The molecular formula is C16H17N3O. The van der Waals surface area contributed by atoms with Crippen molar-refractivity contribution < 1.29 is 4.52 Å². The van der Waals surface area contributed by atoms with Crippen LogP contribution in [0.4, 0.5) is 0 Å². The molecule has 0 atom stereocenters. The summed E-state index contributed by atoms with van der Waals surface area (Å²) in [5, 5.41) is 12.9. The van der Waals surface area contributed by atoms with Gasteiger partial charge in [-0.15, -0.1) is 0 Å². The van der Waals surface area contributed by atoms with Gasteiger partial charge in [-0.25, -0.2) is 0 Å². The summed E-state index contributed by atoms with van der Waals surface area (Å²) in [6.45, 7) is 0. The molecule has 0 bridgehead atoms. The molecule has 1 aliphatic rings. The summed E-state index contributed by atoms with van der Waals surface area (Å²) in [5.41, 5.74) is 1.51. The number of aromatic nitrogens is 2. The van der Waals surface area contributed by atoms with Gasteiger partial charge in [-0.2, -0.15) is 10.2 Å². The van der Waals surface area contributed by atoms with Crippen molar-refractivity contribution >= 4 is 0 Å². The van der Waals surface area contributed by atoms with Gasteiger partial charge < -0.3 is 4.52 Å². The molecular weight excluding hydrogens is 250 g/mol. The Morgan fingerprint density at radius 3 is 2.40 bits per heavy atom. The summed E-state index contributed by atoms with van der Waals surface area (Å²) in [5.74, 6) is 1.83. The van der Waals surface area contributed by atoms with Crippen LogP contribution in [0.3, 0.4) is 0 Å². The molecule has 1 heterocycles. The molecule has 0 radical (unpaired) electrons. The van der Waals surface area contributed by atoms with Crippen LogP contribution in [0.15, 0.2) is 28.8 Å². The Morgan fingerprint density at radius 1 is 1.05 bits per heavy atom. The summed E-state index contributed by atoms with van der Waals surface area (Å²) in [6, 6.07) is 9.34. The van der Waals surface area contributed by atoms with Gasteiger partial charge in [0, 0.05) is 11.5 Å². The zero-order valence-electron chi connectivity index (χ0n) is 11.4. The van der Waals surface area contributed by atoms with Gasteiger partial charge in [-0.1, -0.05) is 30.8 Å². The summed E-state index contributed by atoms with van der Waals surface area (Å²) in [4.78, 5) is 4.54. The van der Waals surface area contributed by atoms with E-state index in [0.717, 1.165) is 24.2 Å². The van der Waals surface area contributed by atoms with Crippen LogP contribution < -0.4 is 0 Å². The van der Waals surface area contributed by atoms with E-state index in [0.29, 0.717) is 17.4 Å². The quantitative estimate of drug-likeness (QED) is 0.770. The van der Waals surface area contributed by atoms with Crippen LogP contribution in [0.2, 0.25) is 0 Å². The number of nitrogens with zero attached hydrogens (tertiary/aromatic N) is 3. The Labute approximate surface area is 118 Å². The molecule has 4 nitrogen and oxygen atoms in total. The van der Waals surface area contributed by atoms with Gasteiger partial charge in [-0.3, -0.25) is 0 Å². The first-order valence-corrected chi connectivity index (χ1v) is 7.21. The van der Waals surface area contributed by atoms with Crippen LogP contribution in [0.1, 0.15) is 55.8 Å². The molecule has 1 aromatic heterocycles. The largest absolute Gasteiger partial charge is 0.334 e. The normalized spacial score (nSPS) is 16.6. The lowest BCUT2D eigenvalue weighted by molar-refractivity contribution is 0.410. The van der Waals surface area contributed by atoms with E-state index < -0.39 is 0 Å². The Hall–Kier alpha value is -2.15. The molecule has 1 aromatic carbocycles. The van der Waals surface area contributed by atoms with Crippen molar-refractivity contribution in [2.75, 3.05) is 0 Å². The third-order valence-corrected chi connectivity index (χ3v) is 3.92. The SMILES string of the molecule is N#Cc1ccc(-c2nc(C3CCCCCC3)no2)cc1. The standard InChI is InChI=1S/C16H17N3O/c17-11-12-7-9-14(10-8-12)16-18-15(19-20-16)13-5-3-1-2-4-6-13/h7-10,13H,1-6H2. The molecule has 20 heavy (non-hydrogen) atoms. The maximum absolute atomic E-state index is 8.80. The molecule has 1 aliphatic carbocycles. The zero-order chi connectivity index (χ0) is 13.8. The smallest absolute Gasteiger partial charge is 0.257 e. The van der Waals surface area contributed by atoms with Crippen molar-refractivity contribution in [1.29, 1.82) is 5.26 Å². The highest BCUT2D eigenvalue weighted by Crippen LogP contribution is 2.31. The van der Waals surface area contributed by atoms with E-state index in [-0.39, 0.29) is 0 Å². The van der Waals surface area contributed by atoms with E-state index >= 15 is 0 Å². The average molecular weight is 267 g/mol. The summed E-state index contributed by atoms with van der Waals surface area (Å²) in [7, 11) is 0. The molecule has 0 aliphatic heterocycles. The van der Waals surface area contributed by atoms with Crippen LogP contribution in [-0.2, 0) is 0 Å². The monoisotopic (exact) mass is 267 g/mol. The van der Waals surface area contributed by atoms with Crippen molar-refractivity contribution in [1.82, 2.24) is 10.1 Å². The third-order valence-electron chi connectivity index (χ3n) is 3.92. The van der Waals surface area contributed by atoms with Gasteiger partial charge in [-0.05, 0) is 37.1 Å². The second-order valence-electron chi connectivity index (χ2n) is 5.34. The van der Waals surface area contributed by atoms with Crippen molar-refractivity contribution in [3.05, 3.63) is 35.7 Å². The van der Waals surface area contributed by atoms with Crippen molar-refractivity contribution in [3.63, 3.8) is 0 Å². The fraction of sp³-hybridized carbons (Fsp3) is 0.438. The Kier molecular flexibility index (Phi) is 3.78. The van der Waals surface area contributed by atoms with Gasteiger partial charge >= 0.3 is 0 Å². The number of hydrogen-bond acceptors (Lipinski definition) is 4. The Bertz CT molecular complexity index is 601. The topological polar surface area (TPSA) is 62.7 Å². The maximum atomic E-state index is 8.80. The van der Waals surface area contributed by atoms with Gasteiger partial charge in [0.1, 0.15) is 0 Å². The van der Waals surface area contributed by atoms with Crippen LogP contribution in [0.5, 0.6) is 0 Å². The van der Waals surface area contributed by atoms with Crippen LogP contribution in [0.25, 0.3) is 11.5 Å². The van der Waals surface area contributed by atoms with E-state index in [1.165, 1.54) is 25.7 Å². The fourth-order valence-corrected chi connectivity index (χ4v) is 2.74. The Balaban J connectivity index is 1.80.